The molecule has 4 heteroatoms. The van der Waals surface area contributed by atoms with Crippen LogP contribution in [0, 0.1) is 5.92 Å². The van der Waals surface area contributed by atoms with E-state index >= 15 is 0 Å². The molecule has 1 heterocycles. The molecule has 20 heavy (non-hydrogen) atoms. The summed E-state index contributed by atoms with van der Waals surface area (Å²) in [4.78, 5) is 15.1. The van der Waals surface area contributed by atoms with Gasteiger partial charge in [0.05, 0.1) is 6.61 Å². The second-order valence-corrected chi connectivity index (χ2v) is 6.83. The van der Waals surface area contributed by atoms with Crippen molar-refractivity contribution in [1.82, 2.24) is 10.2 Å². The minimum atomic E-state index is -0.494. The van der Waals surface area contributed by atoms with Gasteiger partial charge >= 0.3 is 5.97 Å². The van der Waals surface area contributed by atoms with E-state index < -0.39 is 5.54 Å². The van der Waals surface area contributed by atoms with E-state index in [2.05, 4.69) is 31.0 Å². The first-order chi connectivity index (χ1) is 9.46. The molecule has 1 N–H and O–H groups in total. The summed E-state index contributed by atoms with van der Waals surface area (Å²) in [6.45, 7) is 11.7. The van der Waals surface area contributed by atoms with Crippen LogP contribution < -0.4 is 5.32 Å². The number of hydrogen-bond acceptors (Lipinski definition) is 4. The molecule has 0 aromatic rings. The highest BCUT2D eigenvalue weighted by atomic mass is 16.5. The Kier molecular flexibility index (Phi) is 4.75. The number of ether oxygens (including phenoxy) is 1. The summed E-state index contributed by atoms with van der Waals surface area (Å²) in [6, 6.07) is 0. The van der Waals surface area contributed by atoms with Crippen LogP contribution >= 0.6 is 0 Å². The largest absolute Gasteiger partial charge is 0.465 e. The fourth-order valence-corrected chi connectivity index (χ4v) is 3.54. The summed E-state index contributed by atoms with van der Waals surface area (Å²) >= 11 is 0. The van der Waals surface area contributed by atoms with Gasteiger partial charge in [0.2, 0.25) is 0 Å². The van der Waals surface area contributed by atoms with E-state index in [1.54, 1.807) is 0 Å². The maximum Gasteiger partial charge on any atom is 0.327 e. The number of esters is 1. The minimum Gasteiger partial charge on any atom is -0.465 e. The molecular weight excluding hydrogens is 252 g/mol. The third-order valence-electron chi connectivity index (χ3n) is 4.92. The lowest BCUT2D eigenvalue weighted by Gasteiger charge is -2.41. The summed E-state index contributed by atoms with van der Waals surface area (Å²) in [5.41, 5.74) is -0.297. The Morgan fingerprint density at radius 3 is 2.55 bits per heavy atom. The van der Waals surface area contributed by atoms with Crippen LogP contribution in [0.4, 0.5) is 0 Å². The van der Waals surface area contributed by atoms with E-state index in [9.17, 15) is 4.79 Å². The molecular formula is C16H30N2O2. The molecule has 1 saturated heterocycles. The summed E-state index contributed by atoms with van der Waals surface area (Å²) < 4.78 is 5.41. The highest BCUT2D eigenvalue weighted by Gasteiger charge is 2.54. The second kappa shape index (κ2) is 6.02. The van der Waals surface area contributed by atoms with Crippen molar-refractivity contribution >= 4 is 5.97 Å². The zero-order chi connectivity index (χ0) is 14.8. The van der Waals surface area contributed by atoms with Gasteiger partial charge in [-0.15, -0.1) is 0 Å². The second-order valence-electron chi connectivity index (χ2n) is 6.83. The zero-order valence-electron chi connectivity index (χ0n) is 13.5. The monoisotopic (exact) mass is 282 g/mol. The van der Waals surface area contributed by atoms with Crippen LogP contribution in [0.2, 0.25) is 0 Å². The first kappa shape index (κ1) is 15.8. The molecule has 116 valence electrons. The Morgan fingerprint density at radius 1 is 1.40 bits per heavy atom. The van der Waals surface area contributed by atoms with Gasteiger partial charge in [0.1, 0.15) is 5.54 Å². The molecule has 2 rings (SSSR count). The zero-order valence-corrected chi connectivity index (χ0v) is 13.5. The summed E-state index contributed by atoms with van der Waals surface area (Å²) in [5.74, 6) is 0.393. The van der Waals surface area contributed by atoms with Crippen molar-refractivity contribution in [1.29, 1.82) is 0 Å². The van der Waals surface area contributed by atoms with E-state index in [4.69, 9.17) is 4.74 Å². The topological polar surface area (TPSA) is 41.6 Å². The number of likely N-dealkylation sites (tertiary alicyclic amines) is 1. The maximum atomic E-state index is 12.6. The molecule has 0 radical (unpaired) electrons. The highest BCUT2D eigenvalue weighted by Crippen LogP contribution is 2.43. The molecule has 1 atom stereocenters. The van der Waals surface area contributed by atoms with E-state index in [1.807, 2.05) is 6.92 Å². The molecule has 0 aromatic carbocycles. The smallest absolute Gasteiger partial charge is 0.327 e. The Hall–Kier alpha value is -0.610. The minimum absolute atomic E-state index is 0.0490. The predicted octanol–water partition coefficient (Wildman–Crippen LogP) is 2.18. The van der Waals surface area contributed by atoms with Gasteiger partial charge < -0.3 is 10.1 Å². The van der Waals surface area contributed by atoms with Crippen LogP contribution in [0.5, 0.6) is 0 Å². The first-order valence-corrected chi connectivity index (χ1v) is 8.13. The van der Waals surface area contributed by atoms with Crippen LogP contribution in [0.25, 0.3) is 0 Å². The lowest BCUT2D eigenvalue weighted by atomic mass is 9.90. The molecule has 1 unspecified atom stereocenters. The van der Waals surface area contributed by atoms with Crippen molar-refractivity contribution in [3.05, 3.63) is 0 Å². The van der Waals surface area contributed by atoms with Gasteiger partial charge in [0.25, 0.3) is 0 Å². The highest BCUT2D eigenvalue weighted by molar-refractivity contribution is 5.82. The predicted molar refractivity (Wildman–Crippen MR) is 80.7 cm³/mol. The Labute approximate surface area is 123 Å². The molecule has 0 amide bonds. The number of rotatable bonds is 7. The molecule has 1 aliphatic heterocycles. The molecule has 4 nitrogen and oxygen atoms in total. The van der Waals surface area contributed by atoms with Gasteiger partial charge in [-0.1, -0.05) is 6.92 Å². The van der Waals surface area contributed by atoms with Gasteiger partial charge in [-0.25, -0.2) is 4.79 Å². The van der Waals surface area contributed by atoms with Crippen LogP contribution in [0.15, 0.2) is 0 Å². The van der Waals surface area contributed by atoms with Crippen LogP contribution in [0.1, 0.15) is 53.4 Å². The van der Waals surface area contributed by atoms with E-state index in [-0.39, 0.29) is 11.5 Å². The average Bonchev–Trinajstić information content (AvgIpc) is 3.16. The van der Waals surface area contributed by atoms with Crippen molar-refractivity contribution in [2.24, 2.45) is 5.92 Å². The number of nitrogens with one attached hydrogen (secondary N) is 1. The normalized spacial score (nSPS) is 25.4. The van der Waals surface area contributed by atoms with Gasteiger partial charge in [-0.3, -0.25) is 4.90 Å². The SMILES string of the molecule is CCNC(CN1CCCC1(C)C)(C(=O)OCC)C1CC1. The Balaban J connectivity index is 2.19. The quantitative estimate of drug-likeness (QED) is 0.727. The summed E-state index contributed by atoms with van der Waals surface area (Å²) in [7, 11) is 0. The van der Waals surface area contributed by atoms with Crippen LogP contribution in [0.3, 0.4) is 0 Å². The Morgan fingerprint density at radius 2 is 2.10 bits per heavy atom. The summed E-state index contributed by atoms with van der Waals surface area (Å²) in [5, 5.41) is 3.49. The number of hydrogen-bond donors (Lipinski definition) is 1. The Bertz CT molecular complexity index is 352. The van der Waals surface area contributed by atoms with Gasteiger partial charge in [-0.2, -0.15) is 0 Å². The van der Waals surface area contributed by atoms with Crippen molar-refractivity contribution < 1.29 is 9.53 Å². The fourth-order valence-electron chi connectivity index (χ4n) is 3.54. The number of nitrogens with zero attached hydrogens (tertiary/aromatic N) is 1. The fraction of sp³-hybridized carbons (Fsp3) is 0.938. The number of likely N-dealkylation sites (N-methyl/N-ethyl adjacent to an activating group) is 1. The molecule has 1 saturated carbocycles. The standard InChI is InChI=1S/C16H30N2O2/c1-5-17-16(13-8-9-13,14(19)20-6-2)12-18-11-7-10-15(18,3)4/h13,17H,5-12H2,1-4H3. The molecule has 2 aliphatic rings. The van der Waals surface area contributed by atoms with Crippen LogP contribution in [-0.2, 0) is 9.53 Å². The third kappa shape index (κ3) is 3.01. The molecule has 0 bridgehead atoms. The molecule has 0 aromatic heterocycles. The van der Waals surface area contributed by atoms with E-state index in [0.29, 0.717) is 12.5 Å². The van der Waals surface area contributed by atoms with Crippen molar-refractivity contribution in [2.75, 3.05) is 26.2 Å². The average molecular weight is 282 g/mol. The van der Waals surface area contributed by atoms with E-state index in [1.165, 1.54) is 12.8 Å². The maximum absolute atomic E-state index is 12.6. The molecule has 0 spiro atoms. The van der Waals surface area contributed by atoms with Gasteiger partial charge in [0.15, 0.2) is 0 Å². The first-order valence-electron chi connectivity index (χ1n) is 8.13. The van der Waals surface area contributed by atoms with E-state index in [0.717, 1.165) is 32.5 Å². The van der Waals surface area contributed by atoms with Gasteiger partial charge in [0, 0.05) is 12.1 Å². The number of carbonyl (C=O) groups excluding carboxylic acids is 1. The van der Waals surface area contributed by atoms with Crippen molar-refractivity contribution in [3.8, 4) is 0 Å². The molecule has 1 aliphatic carbocycles. The lowest BCUT2D eigenvalue weighted by Crippen LogP contribution is -2.63. The third-order valence-corrected chi connectivity index (χ3v) is 4.92. The van der Waals surface area contributed by atoms with Crippen molar-refractivity contribution in [3.63, 3.8) is 0 Å². The van der Waals surface area contributed by atoms with Crippen molar-refractivity contribution in [2.45, 2.75) is 64.5 Å². The summed E-state index contributed by atoms with van der Waals surface area (Å²) in [6.07, 6.45) is 4.71. The van der Waals surface area contributed by atoms with Crippen LogP contribution in [-0.4, -0.2) is 48.2 Å². The van der Waals surface area contributed by atoms with Gasteiger partial charge in [-0.05, 0) is 65.5 Å². The lowest BCUT2D eigenvalue weighted by molar-refractivity contribution is -0.153. The molecule has 2 fully saturated rings. The number of carbonyl (C=O) groups is 1.